The molecule has 6 heteroatoms. The number of nitrogens with one attached hydrogen (secondary N) is 1. The molecule has 0 aliphatic rings. The van der Waals surface area contributed by atoms with Crippen LogP contribution in [0.5, 0.6) is 0 Å². The molecule has 0 aliphatic heterocycles. The summed E-state index contributed by atoms with van der Waals surface area (Å²) in [6.45, 7) is 1.34. The smallest absolute Gasteiger partial charge is 0.226 e. The molecule has 0 saturated carbocycles. The van der Waals surface area contributed by atoms with Gasteiger partial charge in [-0.1, -0.05) is 36.4 Å². The zero-order valence-corrected chi connectivity index (χ0v) is 13.4. The molecule has 0 aliphatic carbocycles. The minimum absolute atomic E-state index is 0.493. The van der Waals surface area contributed by atoms with Crippen molar-refractivity contribution in [3.63, 3.8) is 0 Å². The first-order valence-corrected chi connectivity index (χ1v) is 7.83. The molecule has 116 valence electrons. The Kier molecular flexibility index (Phi) is 5.06. The number of rotatable bonds is 6. The lowest BCUT2D eigenvalue weighted by atomic mass is 10.1. The molecule has 0 unspecified atom stereocenters. The molecule has 5 nitrogen and oxygen atoms in total. The van der Waals surface area contributed by atoms with Crippen LogP contribution in [-0.4, -0.2) is 26.1 Å². The van der Waals surface area contributed by atoms with E-state index in [-0.39, 0.29) is 0 Å². The van der Waals surface area contributed by atoms with Crippen molar-refractivity contribution in [1.82, 2.24) is 19.5 Å². The minimum atomic E-state index is 0.493. The zero-order chi connectivity index (χ0) is 15.9. The third kappa shape index (κ3) is 4.43. The number of nitrogens with zero attached hydrogens (tertiary/aromatic N) is 4. The van der Waals surface area contributed by atoms with Gasteiger partial charge in [-0.2, -0.15) is 4.98 Å². The summed E-state index contributed by atoms with van der Waals surface area (Å²) in [5.74, 6) is 0.559. The van der Waals surface area contributed by atoms with Crippen LogP contribution in [0.3, 0.4) is 0 Å². The number of aromatic nitrogens is 4. The minimum Gasteiger partial charge on any atom is -0.354 e. The van der Waals surface area contributed by atoms with E-state index < -0.39 is 0 Å². The Bertz CT molecular complexity index is 802. The lowest BCUT2D eigenvalue weighted by Crippen LogP contribution is -2.12. The summed E-state index contributed by atoms with van der Waals surface area (Å²) >= 11 is 5.33. The molecule has 3 aromatic rings. The van der Waals surface area contributed by atoms with Crippen LogP contribution in [0.2, 0.25) is 0 Å². The first kappa shape index (κ1) is 15.3. The second kappa shape index (κ2) is 7.60. The van der Waals surface area contributed by atoms with Gasteiger partial charge in [0.2, 0.25) is 10.7 Å². The third-order valence-electron chi connectivity index (χ3n) is 3.36. The maximum atomic E-state index is 5.33. The summed E-state index contributed by atoms with van der Waals surface area (Å²) in [4.78, 5) is 12.9. The van der Waals surface area contributed by atoms with Gasteiger partial charge in [0.1, 0.15) is 6.33 Å². The van der Waals surface area contributed by atoms with Gasteiger partial charge in [0.25, 0.3) is 0 Å². The van der Waals surface area contributed by atoms with E-state index in [4.69, 9.17) is 12.2 Å². The Hall–Kier alpha value is -2.60. The highest BCUT2D eigenvalue weighted by Crippen LogP contribution is 2.03. The highest BCUT2D eigenvalue weighted by Gasteiger charge is 2.01. The predicted molar refractivity (Wildman–Crippen MR) is 92.8 cm³/mol. The summed E-state index contributed by atoms with van der Waals surface area (Å²) in [6.07, 6.45) is 4.38. The van der Waals surface area contributed by atoms with E-state index in [2.05, 4.69) is 32.4 Å². The molecule has 3 rings (SSSR count). The Morgan fingerprint density at radius 3 is 2.57 bits per heavy atom. The number of hydrogen-bond acceptors (Lipinski definition) is 5. The first-order chi connectivity index (χ1) is 11.3. The van der Waals surface area contributed by atoms with Gasteiger partial charge in [-0.15, -0.1) is 0 Å². The van der Waals surface area contributed by atoms with Crippen molar-refractivity contribution in [2.45, 2.75) is 13.0 Å². The SMILES string of the molecule is S=c1nc(NCCc2ccccc2)ncn1Cc1ccccn1. The van der Waals surface area contributed by atoms with Gasteiger partial charge in [-0.05, 0) is 36.3 Å². The molecule has 1 N–H and O–H groups in total. The van der Waals surface area contributed by atoms with Crippen molar-refractivity contribution < 1.29 is 0 Å². The maximum Gasteiger partial charge on any atom is 0.226 e. The Balaban J connectivity index is 1.60. The maximum absolute atomic E-state index is 5.33. The van der Waals surface area contributed by atoms with E-state index in [9.17, 15) is 0 Å². The van der Waals surface area contributed by atoms with Crippen LogP contribution in [-0.2, 0) is 13.0 Å². The lowest BCUT2D eigenvalue weighted by molar-refractivity contribution is 0.708. The van der Waals surface area contributed by atoms with E-state index in [0.717, 1.165) is 18.7 Å². The zero-order valence-electron chi connectivity index (χ0n) is 12.6. The highest BCUT2D eigenvalue weighted by molar-refractivity contribution is 7.71. The molecule has 0 atom stereocenters. The van der Waals surface area contributed by atoms with Gasteiger partial charge >= 0.3 is 0 Å². The quantitative estimate of drug-likeness (QED) is 0.706. The molecule has 0 spiro atoms. The predicted octanol–water partition coefficient (Wildman–Crippen LogP) is 3.11. The molecule has 2 heterocycles. The van der Waals surface area contributed by atoms with Crippen molar-refractivity contribution in [3.8, 4) is 0 Å². The van der Waals surface area contributed by atoms with Crippen LogP contribution in [0.1, 0.15) is 11.3 Å². The molecule has 2 aromatic heterocycles. The second-order valence-electron chi connectivity index (χ2n) is 5.07. The van der Waals surface area contributed by atoms with Crippen LogP contribution in [0.15, 0.2) is 61.1 Å². The molecule has 23 heavy (non-hydrogen) atoms. The van der Waals surface area contributed by atoms with Crippen molar-refractivity contribution in [2.24, 2.45) is 0 Å². The Labute approximate surface area is 140 Å². The average Bonchev–Trinajstić information content (AvgIpc) is 2.59. The van der Waals surface area contributed by atoms with Gasteiger partial charge < -0.3 is 9.88 Å². The fraction of sp³-hybridized carbons (Fsp3) is 0.176. The summed E-state index contributed by atoms with van der Waals surface area (Å²) < 4.78 is 2.30. The van der Waals surface area contributed by atoms with Crippen LogP contribution in [0, 0.1) is 4.77 Å². The van der Waals surface area contributed by atoms with Crippen molar-refractivity contribution >= 4 is 18.2 Å². The molecule has 0 saturated heterocycles. The van der Waals surface area contributed by atoms with Crippen LogP contribution in [0.25, 0.3) is 0 Å². The third-order valence-corrected chi connectivity index (χ3v) is 3.69. The van der Waals surface area contributed by atoms with Crippen molar-refractivity contribution in [2.75, 3.05) is 11.9 Å². The van der Waals surface area contributed by atoms with Crippen LogP contribution >= 0.6 is 12.2 Å². The monoisotopic (exact) mass is 323 g/mol. The first-order valence-electron chi connectivity index (χ1n) is 7.42. The number of hydrogen-bond donors (Lipinski definition) is 1. The van der Waals surface area contributed by atoms with E-state index in [1.165, 1.54) is 5.56 Å². The van der Waals surface area contributed by atoms with Crippen LogP contribution < -0.4 is 5.32 Å². The molecule has 0 bridgehead atoms. The molecule has 0 amide bonds. The number of benzene rings is 1. The van der Waals surface area contributed by atoms with Gasteiger partial charge in [0, 0.05) is 12.7 Å². The van der Waals surface area contributed by atoms with Crippen molar-refractivity contribution in [1.29, 1.82) is 0 Å². The summed E-state index contributed by atoms with van der Waals surface area (Å²) in [5, 5.41) is 3.21. The number of pyridine rings is 1. The largest absolute Gasteiger partial charge is 0.354 e. The molecular formula is C17H17N5S. The van der Waals surface area contributed by atoms with Crippen molar-refractivity contribution in [3.05, 3.63) is 77.1 Å². The topological polar surface area (TPSA) is 55.6 Å². The fourth-order valence-corrected chi connectivity index (χ4v) is 2.38. The van der Waals surface area contributed by atoms with Gasteiger partial charge in [-0.25, -0.2) is 4.98 Å². The van der Waals surface area contributed by atoms with E-state index in [0.29, 0.717) is 17.3 Å². The summed E-state index contributed by atoms with van der Waals surface area (Å²) in [6, 6.07) is 16.1. The van der Waals surface area contributed by atoms with Gasteiger partial charge in [0.05, 0.1) is 12.2 Å². The van der Waals surface area contributed by atoms with E-state index in [1.54, 1.807) is 17.1 Å². The highest BCUT2D eigenvalue weighted by atomic mass is 32.1. The lowest BCUT2D eigenvalue weighted by Gasteiger charge is -2.08. The van der Waals surface area contributed by atoms with Gasteiger partial charge in [-0.3, -0.25) is 4.98 Å². The molecule has 0 radical (unpaired) electrons. The standard InChI is InChI=1S/C17H17N5S/c23-17-21-16(19-11-9-14-6-2-1-3-7-14)20-13-22(17)12-15-8-4-5-10-18-15/h1-8,10,13H,9,11-12H2,(H,19,21,23). The number of anilines is 1. The summed E-state index contributed by atoms with van der Waals surface area (Å²) in [7, 11) is 0. The van der Waals surface area contributed by atoms with E-state index >= 15 is 0 Å². The second-order valence-corrected chi connectivity index (χ2v) is 5.44. The molecular weight excluding hydrogens is 306 g/mol. The fourth-order valence-electron chi connectivity index (χ4n) is 2.18. The van der Waals surface area contributed by atoms with E-state index in [1.807, 2.05) is 36.4 Å². The van der Waals surface area contributed by atoms with Crippen LogP contribution in [0.4, 0.5) is 5.95 Å². The average molecular weight is 323 g/mol. The van der Waals surface area contributed by atoms with Gasteiger partial charge in [0.15, 0.2) is 0 Å². The normalized spacial score (nSPS) is 10.4. The molecule has 0 fully saturated rings. The Morgan fingerprint density at radius 1 is 1.00 bits per heavy atom. The molecule has 1 aromatic carbocycles. The summed E-state index contributed by atoms with van der Waals surface area (Å²) in [5.41, 5.74) is 2.21. The Morgan fingerprint density at radius 2 is 1.83 bits per heavy atom.